The summed E-state index contributed by atoms with van der Waals surface area (Å²) in [5, 5.41) is 0. The maximum Gasteiger partial charge on any atom is 0.241 e. The highest BCUT2D eigenvalue weighted by atomic mass is 16.2. The molecule has 1 saturated heterocycles. The number of imidazole rings is 1. The molecule has 5 heteroatoms. The summed E-state index contributed by atoms with van der Waals surface area (Å²) >= 11 is 0. The van der Waals surface area contributed by atoms with Crippen LogP contribution < -0.4 is 4.90 Å². The number of aromatic nitrogens is 2. The van der Waals surface area contributed by atoms with Crippen molar-refractivity contribution >= 4 is 22.6 Å². The number of rotatable bonds is 4. The lowest BCUT2D eigenvalue weighted by atomic mass is 9.96. The number of fused-ring (bicyclic) bond motifs is 2. The number of hydrogen-bond donors (Lipinski definition) is 0. The van der Waals surface area contributed by atoms with E-state index < -0.39 is 0 Å². The highest BCUT2D eigenvalue weighted by Crippen LogP contribution is 2.28. The standard InChI is InChI=1S/C24H28N4O/c1-18-25-21-7-3-5-9-23(21)28(18)16-19-10-13-26(14-11-19)17-24(29)27-15-12-20-6-2-4-8-22(20)27/h2-9,19H,10-17H2,1H3. The molecular weight excluding hydrogens is 360 g/mol. The molecule has 1 fully saturated rings. The number of amides is 1. The maximum atomic E-state index is 12.9. The van der Waals surface area contributed by atoms with Crippen LogP contribution in [0.5, 0.6) is 0 Å². The Balaban J connectivity index is 1.18. The summed E-state index contributed by atoms with van der Waals surface area (Å²) in [6, 6.07) is 16.7. The van der Waals surface area contributed by atoms with Crippen LogP contribution in [0.1, 0.15) is 24.2 Å². The Morgan fingerprint density at radius 2 is 1.79 bits per heavy atom. The van der Waals surface area contributed by atoms with Crippen molar-refractivity contribution < 1.29 is 4.79 Å². The number of anilines is 1. The Morgan fingerprint density at radius 1 is 1.03 bits per heavy atom. The average Bonchev–Trinajstić information content (AvgIpc) is 3.31. The van der Waals surface area contributed by atoms with Gasteiger partial charge in [0.1, 0.15) is 5.82 Å². The van der Waals surface area contributed by atoms with Gasteiger partial charge in [0, 0.05) is 18.8 Å². The second-order valence-electron chi connectivity index (χ2n) is 8.40. The lowest BCUT2D eigenvalue weighted by Crippen LogP contribution is -2.43. The normalized spacial score (nSPS) is 17.8. The number of benzene rings is 2. The minimum Gasteiger partial charge on any atom is -0.328 e. The first-order chi connectivity index (χ1) is 14.2. The molecule has 29 heavy (non-hydrogen) atoms. The molecule has 0 atom stereocenters. The first-order valence-electron chi connectivity index (χ1n) is 10.7. The van der Waals surface area contributed by atoms with Gasteiger partial charge in [0.25, 0.3) is 0 Å². The number of hydrogen-bond acceptors (Lipinski definition) is 3. The smallest absolute Gasteiger partial charge is 0.241 e. The molecule has 150 valence electrons. The highest BCUT2D eigenvalue weighted by Gasteiger charge is 2.27. The molecule has 0 bridgehead atoms. The van der Waals surface area contributed by atoms with Gasteiger partial charge in [-0.15, -0.1) is 0 Å². The summed E-state index contributed by atoms with van der Waals surface area (Å²) in [7, 11) is 0. The van der Waals surface area contributed by atoms with Crippen molar-refractivity contribution in [3.63, 3.8) is 0 Å². The van der Waals surface area contributed by atoms with Gasteiger partial charge in [0.2, 0.25) is 5.91 Å². The van der Waals surface area contributed by atoms with Crippen molar-refractivity contribution in [2.24, 2.45) is 5.92 Å². The predicted molar refractivity (Wildman–Crippen MR) is 116 cm³/mol. The molecule has 0 unspecified atom stereocenters. The molecule has 0 saturated carbocycles. The fourth-order valence-corrected chi connectivity index (χ4v) is 4.89. The largest absolute Gasteiger partial charge is 0.328 e. The van der Waals surface area contributed by atoms with Crippen LogP contribution >= 0.6 is 0 Å². The molecule has 3 aromatic rings. The van der Waals surface area contributed by atoms with E-state index in [0.717, 1.165) is 62.5 Å². The molecule has 0 N–H and O–H groups in total. The van der Waals surface area contributed by atoms with Crippen LogP contribution in [-0.2, 0) is 17.8 Å². The minimum atomic E-state index is 0.241. The topological polar surface area (TPSA) is 41.4 Å². The van der Waals surface area contributed by atoms with Gasteiger partial charge in [-0.05, 0) is 69.0 Å². The van der Waals surface area contributed by atoms with Crippen molar-refractivity contribution in [3.05, 3.63) is 59.9 Å². The van der Waals surface area contributed by atoms with Crippen molar-refractivity contribution in [1.29, 1.82) is 0 Å². The Hall–Kier alpha value is -2.66. The highest BCUT2D eigenvalue weighted by molar-refractivity contribution is 5.96. The third-order valence-electron chi connectivity index (χ3n) is 6.54. The van der Waals surface area contributed by atoms with E-state index in [0.29, 0.717) is 12.5 Å². The molecule has 0 radical (unpaired) electrons. The summed E-state index contributed by atoms with van der Waals surface area (Å²) in [6.07, 6.45) is 3.24. The van der Waals surface area contributed by atoms with Crippen LogP contribution in [0.4, 0.5) is 5.69 Å². The lowest BCUT2D eigenvalue weighted by Gasteiger charge is -2.33. The van der Waals surface area contributed by atoms with Crippen molar-refractivity contribution in [1.82, 2.24) is 14.5 Å². The van der Waals surface area contributed by atoms with Gasteiger partial charge in [0.15, 0.2) is 0 Å². The molecule has 0 aliphatic carbocycles. The van der Waals surface area contributed by atoms with Crippen LogP contribution in [0.3, 0.4) is 0 Å². The fourth-order valence-electron chi connectivity index (χ4n) is 4.89. The molecule has 0 spiro atoms. The van der Waals surface area contributed by atoms with Crippen LogP contribution in [0, 0.1) is 12.8 Å². The molecule has 5 rings (SSSR count). The molecule has 2 aliphatic rings. The van der Waals surface area contributed by atoms with E-state index >= 15 is 0 Å². The second-order valence-corrected chi connectivity index (χ2v) is 8.40. The number of likely N-dealkylation sites (tertiary alicyclic amines) is 1. The Morgan fingerprint density at radius 3 is 2.66 bits per heavy atom. The molecule has 3 heterocycles. The Bertz CT molecular complexity index is 1030. The van der Waals surface area contributed by atoms with E-state index in [2.05, 4.69) is 52.8 Å². The van der Waals surface area contributed by atoms with E-state index in [9.17, 15) is 4.79 Å². The predicted octanol–water partition coefficient (Wildman–Crippen LogP) is 3.65. The van der Waals surface area contributed by atoms with Gasteiger partial charge >= 0.3 is 0 Å². The van der Waals surface area contributed by atoms with Crippen LogP contribution in [-0.4, -0.2) is 46.5 Å². The van der Waals surface area contributed by atoms with Crippen LogP contribution in [0.15, 0.2) is 48.5 Å². The van der Waals surface area contributed by atoms with E-state index in [1.54, 1.807) is 0 Å². The summed E-state index contributed by atoms with van der Waals surface area (Å²) in [5.74, 6) is 1.98. The number of carbonyl (C=O) groups excluding carboxylic acids is 1. The van der Waals surface area contributed by atoms with Gasteiger partial charge in [-0.25, -0.2) is 4.98 Å². The number of nitrogens with zero attached hydrogens (tertiary/aromatic N) is 4. The molecule has 2 aliphatic heterocycles. The van der Waals surface area contributed by atoms with E-state index in [1.807, 2.05) is 17.0 Å². The number of aryl methyl sites for hydroxylation is 1. The Kier molecular flexibility index (Phi) is 4.84. The van der Waals surface area contributed by atoms with E-state index in [-0.39, 0.29) is 5.91 Å². The number of piperidine rings is 1. The summed E-state index contributed by atoms with van der Waals surface area (Å²) in [6.45, 7) is 6.47. The third-order valence-corrected chi connectivity index (χ3v) is 6.54. The molecule has 1 amide bonds. The number of para-hydroxylation sites is 3. The van der Waals surface area contributed by atoms with Gasteiger partial charge in [0.05, 0.1) is 17.6 Å². The Labute approximate surface area is 171 Å². The quantitative estimate of drug-likeness (QED) is 0.685. The van der Waals surface area contributed by atoms with Crippen LogP contribution in [0.2, 0.25) is 0 Å². The number of carbonyl (C=O) groups is 1. The SMILES string of the molecule is Cc1nc2ccccc2n1CC1CCN(CC(=O)N2CCc3ccccc32)CC1. The van der Waals surface area contributed by atoms with E-state index in [4.69, 9.17) is 4.98 Å². The lowest BCUT2D eigenvalue weighted by molar-refractivity contribution is -0.120. The van der Waals surface area contributed by atoms with E-state index in [1.165, 1.54) is 11.1 Å². The van der Waals surface area contributed by atoms with Gasteiger partial charge in [-0.2, -0.15) is 0 Å². The van der Waals surface area contributed by atoms with Crippen molar-refractivity contribution in [3.8, 4) is 0 Å². The zero-order chi connectivity index (χ0) is 19.8. The summed E-state index contributed by atoms with van der Waals surface area (Å²) < 4.78 is 2.36. The maximum absolute atomic E-state index is 12.9. The third kappa shape index (κ3) is 3.55. The van der Waals surface area contributed by atoms with Gasteiger partial charge in [-0.1, -0.05) is 30.3 Å². The van der Waals surface area contributed by atoms with Crippen molar-refractivity contribution in [2.75, 3.05) is 31.1 Å². The molecule has 1 aromatic heterocycles. The average molecular weight is 389 g/mol. The van der Waals surface area contributed by atoms with Crippen LogP contribution in [0.25, 0.3) is 11.0 Å². The molecule has 2 aromatic carbocycles. The zero-order valence-electron chi connectivity index (χ0n) is 17.1. The van der Waals surface area contributed by atoms with Gasteiger partial charge in [-0.3, -0.25) is 9.69 Å². The molecular formula is C24H28N4O. The summed E-state index contributed by atoms with van der Waals surface area (Å²) in [5.41, 5.74) is 4.71. The molecule has 5 nitrogen and oxygen atoms in total. The van der Waals surface area contributed by atoms with Gasteiger partial charge < -0.3 is 9.47 Å². The van der Waals surface area contributed by atoms with Crippen molar-refractivity contribution in [2.45, 2.75) is 32.7 Å². The first kappa shape index (κ1) is 18.4. The monoisotopic (exact) mass is 388 g/mol. The summed E-state index contributed by atoms with van der Waals surface area (Å²) in [4.78, 5) is 21.9. The fraction of sp³-hybridized carbons (Fsp3) is 0.417. The minimum absolute atomic E-state index is 0.241. The zero-order valence-corrected chi connectivity index (χ0v) is 17.1. The second kappa shape index (κ2) is 7.64. The first-order valence-corrected chi connectivity index (χ1v) is 10.7.